The van der Waals surface area contributed by atoms with Gasteiger partial charge in [-0.2, -0.15) is 0 Å². The molecule has 2 aromatic rings. The molecule has 6 heteroatoms. The summed E-state index contributed by atoms with van der Waals surface area (Å²) in [6.45, 7) is 4.34. The molecule has 0 aliphatic heterocycles. The molecule has 6 nitrogen and oxygen atoms in total. The summed E-state index contributed by atoms with van der Waals surface area (Å²) in [4.78, 5) is 18.6. The van der Waals surface area contributed by atoms with Crippen molar-refractivity contribution in [1.82, 2.24) is 14.3 Å². The predicted octanol–water partition coefficient (Wildman–Crippen LogP) is 0.444. The Balaban J connectivity index is 2.26. The number of hydrogen-bond acceptors (Lipinski definition) is 5. The summed E-state index contributed by atoms with van der Waals surface area (Å²) < 4.78 is 6.59. The summed E-state index contributed by atoms with van der Waals surface area (Å²) in [6.07, 6.45) is 1.74. The fourth-order valence-corrected chi connectivity index (χ4v) is 2.20. The van der Waals surface area contributed by atoms with Crippen molar-refractivity contribution in [3.05, 3.63) is 46.0 Å². The maximum atomic E-state index is 12.1. The Morgan fingerprint density at radius 2 is 2.19 bits per heavy atom. The quantitative estimate of drug-likeness (QED) is 0.802. The van der Waals surface area contributed by atoms with Crippen molar-refractivity contribution in [1.29, 1.82) is 0 Å². The van der Waals surface area contributed by atoms with Crippen molar-refractivity contribution < 1.29 is 9.84 Å². The Kier molecular flexibility index (Phi) is 5.44. The molecule has 2 rings (SSSR count). The summed E-state index contributed by atoms with van der Waals surface area (Å²) in [7, 11) is 1.64. The number of ether oxygens (including phenoxy) is 1. The van der Waals surface area contributed by atoms with Crippen LogP contribution in [0, 0.1) is 6.92 Å². The monoisotopic (exact) mass is 291 g/mol. The van der Waals surface area contributed by atoms with Gasteiger partial charge in [0.2, 0.25) is 0 Å². The Bertz CT molecular complexity index is 654. The van der Waals surface area contributed by atoms with Crippen LogP contribution in [0.5, 0.6) is 0 Å². The number of nitrogens with zero attached hydrogens (tertiary/aromatic N) is 3. The van der Waals surface area contributed by atoms with E-state index >= 15 is 0 Å². The van der Waals surface area contributed by atoms with E-state index in [1.165, 1.54) is 4.40 Å². The van der Waals surface area contributed by atoms with Gasteiger partial charge < -0.3 is 9.84 Å². The zero-order valence-corrected chi connectivity index (χ0v) is 12.5. The van der Waals surface area contributed by atoms with Gasteiger partial charge >= 0.3 is 0 Å². The van der Waals surface area contributed by atoms with Crippen LogP contribution in [-0.2, 0) is 11.3 Å². The van der Waals surface area contributed by atoms with E-state index in [1.54, 1.807) is 19.4 Å². The number of aromatic nitrogens is 2. The third kappa shape index (κ3) is 4.10. The number of rotatable bonds is 7. The largest absolute Gasteiger partial charge is 0.395 e. The maximum Gasteiger partial charge on any atom is 0.258 e. The van der Waals surface area contributed by atoms with Crippen LogP contribution in [0.2, 0.25) is 0 Å². The van der Waals surface area contributed by atoms with E-state index in [2.05, 4.69) is 4.98 Å². The molecule has 0 saturated carbocycles. The molecule has 0 amide bonds. The Hall–Kier alpha value is -1.76. The van der Waals surface area contributed by atoms with Gasteiger partial charge in [0.1, 0.15) is 5.65 Å². The highest BCUT2D eigenvalue weighted by molar-refractivity contribution is 5.41. The fraction of sp³-hybridized carbons (Fsp3) is 0.467. The number of fused-ring (bicyclic) bond motifs is 1. The Morgan fingerprint density at radius 3 is 2.90 bits per heavy atom. The lowest BCUT2D eigenvalue weighted by molar-refractivity contribution is 0.126. The number of aliphatic hydroxyl groups excluding tert-OH is 1. The van der Waals surface area contributed by atoms with Crippen LogP contribution < -0.4 is 5.56 Å². The van der Waals surface area contributed by atoms with Crippen LogP contribution >= 0.6 is 0 Å². The summed E-state index contributed by atoms with van der Waals surface area (Å²) in [5.74, 6) is 0. The van der Waals surface area contributed by atoms with Gasteiger partial charge in [0, 0.05) is 39.0 Å². The lowest BCUT2D eigenvalue weighted by atomic mass is 10.3. The van der Waals surface area contributed by atoms with E-state index in [4.69, 9.17) is 9.84 Å². The topological polar surface area (TPSA) is 67.1 Å². The molecule has 0 bridgehead atoms. The first-order valence-electron chi connectivity index (χ1n) is 6.95. The van der Waals surface area contributed by atoms with Gasteiger partial charge in [-0.3, -0.25) is 14.1 Å². The molecule has 0 aliphatic carbocycles. The minimum atomic E-state index is -0.0920. The lowest BCUT2D eigenvalue weighted by Gasteiger charge is -2.20. The molecule has 0 fully saturated rings. The van der Waals surface area contributed by atoms with Crippen LogP contribution in [-0.4, -0.2) is 52.8 Å². The molecule has 2 aromatic heterocycles. The third-order valence-corrected chi connectivity index (χ3v) is 3.29. The summed E-state index contributed by atoms with van der Waals surface area (Å²) in [5.41, 5.74) is 2.32. The maximum absolute atomic E-state index is 12.1. The van der Waals surface area contributed by atoms with Crippen molar-refractivity contribution in [3.63, 3.8) is 0 Å². The van der Waals surface area contributed by atoms with Gasteiger partial charge in [0.15, 0.2) is 0 Å². The molecule has 0 aromatic carbocycles. The highest BCUT2D eigenvalue weighted by Crippen LogP contribution is 2.05. The SMILES string of the molecule is COCCN(CCO)Cc1cc(=O)n2ccc(C)cc2n1. The molecule has 21 heavy (non-hydrogen) atoms. The van der Waals surface area contributed by atoms with Crippen molar-refractivity contribution in [2.24, 2.45) is 0 Å². The van der Waals surface area contributed by atoms with E-state index in [1.807, 2.05) is 24.0 Å². The summed E-state index contributed by atoms with van der Waals surface area (Å²) in [5, 5.41) is 9.11. The van der Waals surface area contributed by atoms with E-state index < -0.39 is 0 Å². The number of pyridine rings is 1. The predicted molar refractivity (Wildman–Crippen MR) is 80.4 cm³/mol. The number of aliphatic hydroxyl groups is 1. The summed E-state index contributed by atoms with van der Waals surface area (Å²) in [6, 6.07) is 5.31. The van der Waals surface area contributed by atoms with Gasteiger partial charge in [-0.05, 0) is 24.6 Å². The van der Waals surface area contributed by atoms with Gasteiger partial charge in [0.25, 0.3) is 5.56 Å². The fourth-order valence-electron chi connectivity index (χ4n) is 2.20. The van der Waals surface area contributed by atoms with E-state index in [0.29, 0.717) is 37.6 Å². The first-order valence-corrected chi connectivity index (χ1v) is 6.95. The second-order valence-corrected chi connectivity index (χ2v) is 5.01. The van der Waals surface area contributed by atoms with Crippen LogP contribution in [0.1, 0.15) is 11.3 Å². The number of methoxy groups -OCH3 is 1. The molecule has 0 saturated heterocycles. The molecule has 0 unspecified atom stereocenters. The second-order valence-electron chi connectivity index (χ2n) is 5.01. The zero-order chi connectivity index (χ0) is 15.2. The van der Waals surface area contributed by atoms with Crippen molar-refractivity contribution in [2.75, 3.05) is 33.4 Å². The minimum Gasteiger partial charge on any atom is -0.395 e. The van der Waals surface area contributed by atoms with Gasteiger partial charge in [-0.25, -0.2) is 4.98 Å². The Labute approximate surface area is 123 Å². The highest BCUT2D eigenvalue weighted by atomic mass is 16.5. The van der Waals surface area contributed by atoms with Crippen molar-refractivity contribution in [2.45, 2.75) is 13.5 Å². The molecule has 1 N–H and O–H groups in total. The van der Waals surface area contributed by atoms with Gasteiger partial charge in [0.05, 0.1) is 18.9 Å². The molecule has 0 atom stereocenters. The van der Waals surface area contributed by atoms with Crippen molar-refractivity contribution >= 4 is 5.65 Å². The molecule has 0 radical (unpaired) electrons. The second kappa shape index (κ2) is 7.31. The first kappa shape index (κ1) is 15.6. The molecule has 2 heterocycles. The van der Waals surface area contributed by atoms with Crippen LogP contribution in [0.3, 0.4) is 0 Å². The first-order chi connectivity index (χ1) is 10.1. The smallest absolute Gasteiger partial charge is 0.258 e. The van der Waals surface area contributed by atoms with Crippen LogP contribution in [0.15, 0.2) is 29.2 Å². The lowest BCUT2D eigenvalue weighted by Crippen LogP contribution is -2.31. The summed E-state index contributed by atoms with van der Waals surface area (Å²) >= 11 is 0. The van der Waals surface area contributed by atoms with E-state index in [0.717, 1.165) is 5.56 Å². The molecular weight excluding hydrogens is 270 g/mol. The highest BCUT2D eigenvalue weighted by Gasteiger charge is 2.09. The molecule has 0 spiro atoms. The molecule has 0 aliphatic rings. The van der Waals surface area contributed by atoms with E-state index in [9.17, 15) is 4.79 Å². The van der Waals surface area contributed by atoms with Crippen molar-refractivity contribution in [3.8, 4) is 0 Å². The molecule has 114 valence electrons. The van der Waals surface area contributed by atoms with E-state index in [-0.39, 0.29) is 12.2 Å². The third-order valence-electron chi connectivity index (χ3n) is 3.29. The Morgan fingerprint density at radius 1 is 1.38 bits per heavy atom. The van der Waals surface area contributed by atoms with Crippen LogP contribution in [0.4, 0.5) is 0 Å². The number of hydrogen-bond donors (Lipinski definition) is 1. The molecular formula is C15H21N3O3. The average molecular weight is 291 g/mol. The minimum absolute atomic E-state index is 0.0649. The van der Waals surface area contributed by atoms with Crippen LogP contribution in [0.25, 0.3) is 5.65 Å². The normalized spacial score (nSPS) is 11.4. The average Bonchev–Trinajstić information content (AvgIpc) is 2.44. The number of aryl methyl sites for hydroxylation is 1. The van der Waals surface area contributed by atoms with Gasteiger partial charge in [-0.15, -0.1) is 0 Å². The zero-order valence-electron chi connectivity index (χ0n) is 12.5. The standard InChI is InChI=1S/C15H21N3O3/c1-12-3-4-18-14(9-12)16-13(10-15(18)20)11-17(5-7-19)6-8-21-2/h3-4,9-10,19H,5-8,11H2,1-2H3. The van der Waals surface area contributed by atoms with Gasteiger partial charge in [-0.1, -0.05) is 0 Å².